The SMILES string of the molecule is O=C1c2ccccc2C(=O)N1c1ccc(F)cc1-c1nnc(-c2ccncc2)o1. The molecule has 140 valence electrons. The number of hydrogen-bond donors (Lipinski definition) is 0. The van der Waals surface area contributed by atoms with E-state index in [-0.39, 0.29) is 34.2 Å². The number of carbonyl (C=O) groups is 2. The molecule has 8 heteroatoms. The molecule has 7 nitrogen and oxygen atoms in total. The average Bonchev–Trinajstić information content (AvgIpc) is 3.34. The number of hydrogen-bond acceptors (Lipinski definition) is 6. The van der Waals surface area contributed by atoms with E-state index in [2.05, 4.69) is 15.2 Å². The Morgan fingerprint density at radius 2 is 1.45 bits per heavy atom. The van der Waals surface area contributed by atoms with Gasteiger partial charge in [0.2, 0.25) is 11.8 Å². The van der Waals surface area contributed by atoms with Crippen molar-refractivity contribution >= 4 is 17.5 Å². The fraction of sp³-hybridized carbons (Fsp3) is 0. The predicted molar refractivity (Wildman–Crippen MR) is 101 cm³/mol. The van der Waals surface area contributed by atoms with Crippen LogP contribution in [0.25, 0.3) is 22.9 Å². The van der Waals surface area contributed by atoms with E-state index in [9.17, 15) is 14.0 Å². The monoisotopic (exact) mass is 386 g/mol. The quantitative estimate of drug-likeness (QED) is 0.499. The van der Waals surface area contributed by atoms with Crippen molar-refractivity contribution in [2.75, 3.05) is 4.90 Å². The lowest BCUT2D eigenvalue weighted by atomic mass is 10.1. The average molecular weight is 386 g/mol. The van der Waals surface area contributed by atoms with Gasteiger partial charge in [0.15, 0.2) is 0 Å². The molecular formula is C21H11FN4O3. The van der Waals surface area contributed by atoms with Crippen LogP contribution >= 0.6 is 0 Å². The number of aromatic nitrogens is 3. The van der Waals surface area contributed by atoms with Gasteiger partial charge in [0, 0.05) is 18.0 Å². The highest BCUT2D eigenvalue weighted by Crippen LogP contribution is 2.36. The molecule has 0 bridgehead atoms. The van der Waals surface area contributed by atoms with Crippen LogP contribution in [-0.4, -0.2) is 27.0 Å². The maximum Gasteiger partial charge on any atom is 0.266 e. The van der Waals surface area contributed by atoms with Crippen LogP contribution in [0.1, 0.15) is 20.7 Å². The Labute approximate surface area is 163 Å². The van der Waals surface area contributed by atoms with E-state index >= 15 is 0 Å². The summed E-state index contributed by atoms with van der Waals surface area (Å²) < 4.78 is 19.7. The van der Waals surface area contributed by atoms with E-state index in [1.54, 1.807) is 48.8 Å². The summed E-state index contributed by atoms with van der Waals surface area (Å²) in [5.74, 6) is -1.36. The van der Waals surface area contributed by atoms with Crippen LogP contribution in [0, 0.1) is 5.82 Å². The second-order valence-electron chi connectivity index (χ2n) is 6.30. The number of fused-ring (bicyclic) bond motifs is 1. The fourth-order valence-corrected chi connectivity index (χ4v) is 3.23. The van der Waals surface area contributed by atoms with Crippen molar-refractivity contribution in [3.63, 3.8) is 0 Å². The Balaban J connectivity index is 1.62. The molecule has 3 heterocycles. The zero-order valence-corrected chi connectivity index (χ0v) is 14.7. The van der Waals surface area contributed by atoms with Gasteiger partial charge in [0.1, 0.15) is 5.82 Å². The summed E-state index contributed by atoms with van der Waals surface area (Å²) in [6, 6.07) is 13.6. The largest absolute Gasteiger partial charge is 0.416 e. The minimum atomic E-state index is -0.566. The molecule has 0 N–H and O–H groups in total. The molecule has 1 aliphatic heterocycles. The van der Waals surface area contributed by atoms with Crippen molar-refractivity contribution in [3.05, 3.63) is 83.9 Å². The molecule has 1 aliphatic rings. The third-order valence-electron chi connectivity index (χ3n) is 4.58. The first-order valence-corrected chi connectivity index (χ1v) is 8.65. The van der Waals surface area contributed by atoms with Crippen LogP contribution in [0.15, 0.2) is 71.4 Å². The van der Waals surface area contributed by atoms with Crippen LogP contribution in [-0.2, 0) is 0 Å². The maximum absolute atomic E-state index is 14.0. The molecule has 0 radical (unpaired) electrons. The van der Waals surface area contributed by atoms with Crippen LogP contribution in [0.4, 0.5) is 10.1 Å². The second-order valence-corrected chi connectivity index (χ2v) is 6.30. The van der Waals surface area contributed by atoms with Crippen LogP contribution < -0.4 is 4.90 Å². The van der Waals surface area contributed by atoms with Crippen LogP contribution in [0.2, 0.25) is 0 Å². The Hall–Kier alpha value is -4.20. The van der Waals surface area contributed by atoms with Gasteiger partial charge in [-0.15, -0.1) is 10.2 Å². The molecule has 0 saturated heterocycles. The van der Waals surface area contributed by atoms with Crippen molar-refractivity contribution in [3.8, 4) is 22.9 Å². The molecule has 4 aromatic rings. The molecule has 29 heavy (non-hydrogen) atoms. The van der Waals surface area contributed by atoms with Gasteiger partial charge in [-0.3, -0.25) is 14.6 Å². The second kappa shape index (κ2) is 6.45. The van der Waals surface area contributed by atoms with Gasteiger partial charge < -0.3 is 4.42 Å². The summed E-state index contributed by atoms with van der Waals surface area (Å²) in [4.78, 5) is 30.6. The topological polar surface area (TPSA) is 89.2 Å². The highest BCUT2D eigenvalue weighted by molar-refractivity contribution is 6.35. The first-order valence-electron chi connectivity index (χ1n) is 8.65. The van der Waals surface area contributed by atoms with Gasteiger partial charge in [0.25, 0.3) is 11.8 Å². The zero-order valence-electron chi connectivity index (χ0n) is 14.7. The number of rotatable bonds is 3. The molecule has 0 fully saturated rings. The number of amides is 2. The third-order valence-corrected chi connectivity index (χ3v) is 4.58. The van der Waals surface area contributed by atoms with Crippen LogP contribution in [0.5, 0.6) is 0 Å². The maximum atomic E-state index is 14.0. The van der Waals surface area contributed by atoms with Gasteiger partial charge in [-0.2, -0.15) is 0 Å². The van der Waals surface area contributed by atoms with Gasteiger partial charge in [-0.05, 0) is 42.5 Å². The molecular weight excluding hydrogens is 375 g/mol. The van der Waals surface area contributed by atoms with E-state index in [0.717, 1.165) is 11.0 Å². The summed E-state index contributed by atoms with van der Waals surface area (Å²) in [5, 5.41) is 7.96. The highest BCUT2D eigenvalue weighted by Gasteiger charge is 2.38. The minimum absolute atomic E-state index is 0.0112. The standard InChI is InChI=1S/C21H11FN4O3/c22-13-5-6-17(26-20(27)14-3-1-2-4-15(14)21(26)28)16(11-13)19-25-24-18(29-19)12-7-9-23-10-8-12/h1-11H. The number of anilines is 1. The molecule has 0 spiro atoms. The predicted octanol–water partition coefficient (Wildman–Crippen LogP) is 3.74. The Morgan fingerprint density at radius 3 is 2.14 bits per heavy atom. The summed E-state index contributed by atoms with van der Waals surface area (Å²) in [6.07, 6.45) is 3.15. The lowest BCUT2D eigenvalue weighted by Crippen LogP contribution is -2.29. The fourth-order valence-electron chi connectivity index (χ4n) is 3.23. The van der Waals surface area contributed by atoms with Gasteiger partial charge >= 0.3 is 0 Å². The number of halogens is 1. The molecule has 5 rings (SSSR count). The van der Waals surface area contributed by atoms with Gasteiger partial charge in [0.05, 0.1) is 22.4 Å². The van der Waals surface area contributed by atoms with Crippen molar-refractivity contribution in [2.24, 2.45) is 0 Å². The summed E-state index contributed by atoms with van der Waals surface area (Å²) in [6.45, 7) is 0. The Bertz CT molecular complexity index is 1230. The minimum Gasteiger partial charge on any atom is -0.416 e. The van der Waals surface area contributed by atoms with Gasteiger partial charge in [-0.25, -0.2) is 9.29 Å². The molecule has 0 atom stereocenters. The first kappa shape index (κ1) is 16.9. The first-order chi connectivity index (χ1) is 14.1. The van der Waals surface area contributed by atoms with Crippen molar-refractivity contribution in [1.82, 2.24) is 15.2 Å². The van der Waals surface area contributed by atoms with E-state index < -0.39 is 17.6 Å². The number of imide groups is 1. The van der Waals surface area contributed by atoms with Gasteiger partial charge in [-0.1, -0.05) is 12.1 Å². The molecule has 2 aromatic heterocycles. The summed E-state index contributed by atoms with van der Waals surface area (Å²) in [5.41, 5.74) is 1.53. The summed E-state index contributed by atoms with van der Waals surface area (Å²) >= 11 is 0. The number of benzene rings is 2. The number of pyridine rings is 1. The smallest absolute Gasteiger partial charge is 0.266 e. The molecule has 0 unspecified atom stereocenters. The molecule has 2 aromatic carbocycles. The third kappa shape index (κ3) is 2.69. The lowest BCUT2D eigenvalue weighted by molar-refractivity contribution is 0.0926. The summed E-state index contributed by atoms with van der Waals surface area (Å²) in [7, 11) is 0. The zero-order chi connectivity index (χ0) is 20.0. The van der Waals surface area contributed by atoms with Crippen LogP contribution in [0.3, 0.4) is 0 Å². The van der Waals surface area contributed by atoms with Crippen molar-refractivity contribution in [2.45, 2.75) is 0 Å². The normalized spacial score (nSPS) is 13.1. The molecule has 0 aliphatic carbocycles. The molecule has 2 amide bonds. The Kier molecular flexibility index (Phi) is 3.77. The highest BCUT2D eigenvalue weighted by atomic mass is 19.1. The lowest BCUT2D eigenvalue weighted by Gasteiger charge is -2.16. The van der Waals surface area contributed by atoms with E-state index in [1.165, 1.54) is 12.1 Å². The van der Waals surface area contributed by atoms with E-state index in [0.29, 0.717) is 5.56 Å². The Morgan fingerprint density at radius 1 is 0.793 bits per heavy atom. The van der Waals surface area contributed by atoms with E-state index in [4.69, 9.17) is 4.42 Å². The van der Waals surface area contributed by atoms with Crippen molar-refractivity contribution in [1.29, 1.82) is 0 Å². The number of carbonyl (C=O) groups excluding carboxylic acids is 2. The van der Waals surface area contributed by atoms with Crippen molar-refractivity contribution < 1.29 is 18.4 Å². The van der Waals surface area contributed by atoms with E-state index in [1.807, 2.05) is 0 Å². The number of nitrogens with zero attached hydrogens (tertiary/aromatic N) is 4. The molecule has 0 saturated carbocycles.